The molecule has 0 bridgehead atoms. The molecule has 0 aromatic heterocycles. The molecule has 4 rings (SSSR count). The van der Waals surface area contributed by atoms with E-state index in [2.05, 4.69) is 20.5 Å². The SMILES string of the molecule is COc1ccc(C)c2c1OC1C(OC(=O)N(C)CC(NC(=O)C(CCCN=C(N)N)NC(C)=O)C(=O)N(C)CC(=O)O)=CCC3(O)C(C)N(C)CCC213. The molecule has 4 amide bonds. The van der Waals surface area contributed by atoms with Crippen LogP contribution in [0, 0.1) is 6.92 Å². The van der Waals surface area contributed by atoms with Gasteiger partial charge < -0.3 is 61.2 Å². The second-order valence-electron chi connectivity index (χ2n) is 14.0. The molecule has 6 atom stereocenters. The fourth-order valence-corrected chi connectivity index (χ4v) is 7.70. The molecule has 0 radical (unpaired) electrons. The molecule has 18 heteroatoms. The number of nitrogens with two attached hydrogens (primary N) is 2. The van der Waals surface area contributed by atoms with Gasteiger partial charge >= 0.3 is 12.1 Å². The van der Waals surface area contributed by atoms with Crippen molar-refractivity contribution in [2.75, 3.05) is 54.4 Å². The average Bonchev–Trinajstić information content (AvgIpc) is 3.45. The predicted molar refractivity (Wildman–Crippen MR) is 192 cm³/mol. The van der Waals surface area contributed by atoms with Gasteiger partial charge in [-0.25, -0.2) is 4.79 Å². The van der Waals surface area contributed by atoms with Crippen LogP contribution in [0.3, 0.4) is 0 Å². The van der Waals surface area contributed by atoms with Crippen LogP contribution in [0.5, 0.6) is 11.5 Å². The summed E-state index contributed by atoms with van der Waals surface area (Å²) in [6.07, 6.45) is 0.881. The first-order chi connectivity index (χ1) is 24.9. The minimum atomic E-state index is -1.44. The van der Waals surface area contributed by atoms with Gasteiger partial charge in [0.15, 0.2) is 23.6 Å². The lowest BCUT2D eigenvalue weighted by molar-refractivity contribution is -0.153. The van der Waals surface area contributed by atoms with Gasteiger partial charge in [0.2, 0.25) is 17.7 Å². The predicted octanol–water partition coefficient (Wildman–Crippen LogP) is -0.600. The van der Waals surface area contributed by atoms with Gasteiger partial charge in [0.25, 0.3) is 0 Å². The lowest BCUT2D eigenvalue weighted by Gasteiger charge is -2.58. The van der Waals surface area contributed by atoms with E-state index in [4.69, 9.17) is 25.7 Å². The van der Waals surface area contributed by atoms with Gasteiger partial charge in [0.05, 0.1) is 24.7 Å². The van der Waals surface area contributed by atoms with Crippen molar-refractivity contribution >= 4 is 35.7 Å². The largest absolute Gasteiger partial charge is 0.493 e. The molecule has 1 aromatic rings. The van der Waals surface area contributed by atoms with Gasteiger partial charge in [0, 0.05) is 45.6 Å². The summed E-state index contributed by atoms with van der Waals surface area (Å²) in [6.45, 7) is 4.81. The zero-order valence-corrected chi connectivity index (χ0v) is 31.3. The highest BCUT2D eigenvalue weighted by Crippen LogP contribution is 2.62. The Morgan fingerprint density at radius 2 is 1.85 bits per heavy atom. The van der Waals surface area contributed by atoms with Crippen LogP contribution < -0.4 is 31.6 Å². The normalized spacial score (nSPS) is 24.0. The fraction of sp³-hybridized carbons (Fsp3) is 0.600. The number of hydrogen-bond donors (Lipinski definition) is 6. The number of nitrogens with zero attached hydrogens (tertiary/aromatic N) is 4. The van der Waals surface area contributed by atoms with Crippen LogP contribution in [0.15, 0.2) is 29.0 Å². The number of carboxylic acids is 1. The van der Waals surface area contributed by atoms with E-state index in [-0.39, 0.29) is 37.1 Å². The highest BCUT2D eigenvalue weighted by Gasteiger charge is 2.69. The lowest BCUT2D eigenvalue weighted by atomic mass is 9.54. The fourth-order valence-electron chi connectivity index (χ4n) is 7.70. The maximum absolute atomic E-state index is 13.8. The monoisotopic (exact) mass is 744 g/mol. The third-order valence-corrected chi connectivity index (χ3v) is 10.5. The van der Waals surface area contributed by atoms with Crippen LogP contribution in [-0.2, 0) is 29.3 Å². The molecule has 3 aliphatic rings. The number of aliphatic imine (C=N–C) groups is 1. The Labute approximate surface area is 308 Å². The summed E-state index contributed by atoms with van der Waals surface area (Å²) in [5, 5.41) is 27.0. The molecule has 2 heterocycles. The van der Waals surface area contributed by atoms with Crippen LogP contribution in [0.2, 0.25) is 0 Å². The number of aryl methyl sites for hydroxylation is 1. The van der Waals surface area contributed by atoms with Crippen molar-refractivity contribution in [3.63, 3.8) is 0 Å². The molecule has 1 saturated heterocycles. The van der Waals surface area contributed by atoms with Crippen molar-refractivity contribution in [1.82, 2.24) is 25.3 Å². The number of amides is 4. The number of aliphatic carboxylic acids is 1. The van der Waals surface area contributed by atoms with Gasteiger partial charge in [-0.1, -0.05) is 6.07 Å². The minimum Gasteiger partial charge on any atom is -0.493 e. The summed E-state index contributed by atoms with van der Waals surface area (Å²) < 4.78 is 18.2. The van der Waals surface area contributed by atoms with E-state index in [0.717, 1.165) is 20.9 Å². The molecule has 6 unspecified atom stereocenters. The lowest BCUT2D eigenvalue weighted by Crippen LogP contribution is -2.71. The molecule has 2 aliphatic heterocycles. The van der Waals surface area contributed by atoms with E-state index in [1.807, 2.05) is 27.0 Å². The third-order valence-electron chi connectivity index (χ3n) is 10.5. The second kappa shape index (κ2) is 16.3. The van der Waals surface area contributed by atoms with E-state index in [9.17, 15) is 34.2 Å². The number of benzene rings is 1. The second-order valence-corrected chi connectivity index (χ2v) is 14.0. The van der Waals surface area contributed by atoms with E-state index in [1.54, 1.807) is 12.1 Å². The average molecular weight is 745 g/mol. The Morgan fingerprint density at radius 1 is 1.15 bits per heavy atom. The summed E-state index contributed by atoms with van der Waals surface area (Å²) in [6, 6.07) is 0.868. The molecule has 53 heavy (non-hydrogen) atoms. The third kappa shape index (κ3) is 8.12. The molecular formula is C35H52N8O10. The van der Waals surface area contributed by atoms with Gasteiger partial charge in [-0.15, -0.1) is 0 Å². The first kappa shape index (κ1) is 40.7. The maximum atomic E-state index is 13.8. The minimum absolute atomic E-state index is 0.108. The Kier molecular flexibility index (Phi) is 12.5. The van der Waals surface area contributed by atoms with E-state index in [1.165, 1.54) is 28.1 Å². The zero-order valence-electron chi connectivity index (χ0n) is 31.3. The number of carboxylic acid groups (broad SMARTS) is 1. The van der Waals surface area contributed by atoms with Gasteiger partial charge in [0.1, 0.15) is 24.4 Å². The van der Waals surface area contributed by atoms with Crippen molar-refractivity contribution < 1.29 is 48.4 Å². The molecule has 8 N–H and O–H groups in total. The van der Waals surface area contributed by atoms with E-state index in [0.29, 0.717) is 30.9 Å². The molecule has 292 valence electrons. The van der Waals surface area contributed by atoms with Crippen LogP contribution >= 0.6 is 0 Å². The number of nitrogens with one attached hydrogen (secondary N) is 2. The Morgan fingerprint density at radius 3 is 2.47 bits per heavy atom. The smallest absolute Gasteiger partial charge is 0.414 e. The zero-order chi connectivity index (χ0) is 39.4. The summed E-state index contributed by atoms with van der Waals surface area (Å²) in [5.74, 6) is -2.38. The first-order valence-electron chi connectivity index (χ1n) is 17.4. The number of carbonyl (C=O) groups excluding carboxylic acids is 4. The summed E-state index contributed by atoms with van der Waals surface area (Å²) in [7, 11) is 6.08. The number of guanidine groups is 1. The van der Waals surface area contributed by atoms with Crippen LogP contribution in [-0.4, -0.2) is 145 Å². The first-order valence-corrected chi connectivity index (χ1v) is 17.4. The number of methoxy groups -OCH3 is 1. The number of fused-ring (bicyclic) bond motifs is 1. The number of carbonyl (C=O) groups is 5. The maximum Gasteiger partial charge on any atom is 0.414 e. The number of piperidine rings is 1. The van der Waals surface area contributed by atoms with Crippen molar-refractivity contribution in [2.24, 2.45) is 16.5 Å². The van der Waals surface area contributed by atoms with Crippen molar-refractivity contribution in [3.05, 3.63) is 35.1 Å². The van der Waals surface area contributed by atoms with Gasteiger partial charge in [-0.05, 0) is 64.4 Å². The van der Waals surface area contributed by atoms with Crippen molar-refractivity contribution in [3.8, 4) is 11.5 Å². The highest BCUT2D eigenvalue weighted by atomic mass is 16.6. The standard InChI is InChI=1S/C35H52N8O10/c1-19-10-11-24(51-7)28-27(19)34-14-16-41(4)20(2)35(34,50)13-12-25(29(34)53-28)52-33(49)43(6)17-23(31(48)42(5)18-26(45)46)40-30(47)22(39-21(3)44)9-8-15-38-32(36)37/h10-12,20,22-23,29,50H,8-9,13-18H2,1-7H3,(H,39,44)(H,40,47)(H,45,46)(H4,36,37,38). The van der Waals surface area contributed by atoms with Crippen LogP contribution in [0.4, 0.5) is 4.79 Å². The van der Waals surface area contributed by atoms with E-state index < -0.39 is 72.1 Å². The van der Waals surface area contributed by atoms with Crippen molar-refractivity contribution in [2.45, 2.75) is 81.7 Å². The van der Waals surface area contributed by atoms with Crippen LogP contribution in [0.1, 0.15) is 50.7 Å². The Hall–Kier alpha value is -5.10. The molecule has 1 spiro atoms. The topological polar surface area (TPSA) is 252 Å². The summed E-state index contributed by atoms with van der Waals surface area (Å²) in [5.41, 5.74) is 10.1. The number of likely N-dealkylation sites (tertiary alicyclic amines) is 1. The summed E-state index contributed by atoms with van der Waals surface area (Å²) >= 11 is 0. The molecule has 1 aliphatic carbocycles. The van der Waals surface area contributed by atoms with E-state index >= 15 is 0 Å². The molecule has 1 fully saturated rings. The highest BCUT2D eigenvalue weighted by molar-refractivity contribution is 5.93. The number of rotatable bonds is 14. The Bertz CT molecular complexity index is 1660. The summed E-state index contributed by atoms with van der Waals surface area (Å²) in [4.78, 5) is 72.1. The molecule has 18 nitrogen and oxygen atoms in total. The van der Waals surface area contributed by atoms with Gasteiger partial charge in [-0.3, -0.25) is 24.2 Å². The quantitative estimate of drug-likeness (QED) is 0.0792. The number of aliphatic hydroxyl groups is 1. The molecular weight excluding hydrogens is 692 g/mol. The van der Waals surface area contributed by atoms with Crippen molar-refractivity contribution in [1.29, 1.82) is 0 Å². The Balaban J connectivity index is 1.61. The van der Waals surface area contributed by atoms with Crippen LogP contribution in [0.25, 0.3) is 0 Å². The molecule has 0 saturated carbocycles. The number of ether oxygens (including phenoxy) is 3. The number of likely N-dealkylation sites (N-methyl/N-ethyl adjacent to an activating group) is 3. The number of hydrogen-bond acceptors (Lipinski definition) is 11. The van der Waals surface area contributed by atoms with Gasteiger partial charge in [-0.2, -0.15) is 0 Å². The molecule has 1 aromatic carbocycles.